The van der Waals surface area contributed by atoms with Crippen molar-refractivity contribution in [1.29, 1.82) is 0 Å². The van der Waals surface area contributed by atoms with Gasteiger partial charge in [0, 0.05) is 30.7 Å². The molecule has 0 aliphatic heterocycles. The lowest BCUT2D eigenvalue weighted by Crippen LogP contribution is -2.35. The zero-order valence-electron chi connectivity index (χ0n) is 12.4. The van der Waals surface area contributed by atoms with E-state index in [9.17, 15) is 4.79 Å². The molecule has 2 aromatic heterocycles. The largest absolute Gasteiger partial charge is 0.364 e. The van der Waals surface area contributed by atoms with E-state index in [2.05, 4.69) is 15.4 Å². The van der Waals surface area contributed by atoms with Crippen LogP contribution in [0, 0.1) is 6.92 Å². The molecule has 2 heterocycles. The van der Waals surface area contributed by atoms with Crippen molar-refractivity contribution >= 4 is 5.82 Å². The molecule has 0 aliphatic rings. The van der Waals surface area contributed by atoms with Gasteiger partial charge in [-0.05, 0) is 33.3 Å². The quantitative estimate of drug-likeness (QED) is 0.921. The highest BCUT2D eigenvalue weighted by atomic mass is 16.1. The molecule has 0 saturated heterocycles. The van der Waals surface area contributed by atoms with Gasteiger partial charge in [0.15, 0.2) is 5.82 Å². The summed E-state index contributed by atoms with van der Waals surface area (Å²) in [6, 6.07) is 0. The fraction of sp³-hybridized carbons (Fsp3) is 0.500. The van der Waals surface area contributed by atoms with Crippen molar-refractivity contribution in [2.75, 3.05) is 11.9 Å². The third-order valence-electron chi connectivity index (χ3n) is 2.96. The van der Waals surface area contributed by atoms with Crippen LogP contribution >= 0.6 is 0 Å². The number of nitrogens with zero attached hydrogens (tertiary/aromatic N) is 4. The monoisotopic (exact) mass is 275 g/mol. The molecule has 2 rings (SSSR count). The molecule has 0 bridgehead atoms. The zero-order valence-corrected chi connectivity index (χ0v) is 12.4. The molecule has 6 nitrogen and oxygen atoms in total. The third kappa shape index (κ3) is 3.26. The van der Waals surface area contributed by atoms with Gasteiger partial charge in [-0.3, -0.25) is 9.48 Å². The van der Waals surface area contributed by atoms with Gasteiger partial charge in [-0.2, -0.15) is 5.10 Å². The van der Waals surface area contributed by atoms with E-state index < -0.39 is 0 Å². The van der Waals surface area contributed by atoms with Crippen molar-refractivity contribution in [3.8, 4) is 0 Å². The summed E-state index contributed by atoms with van der Waals surface area (Å²) in [6.07, 6.45) is 7.14. The van der Waals surface area contributed by atoms with Gasteiger partial charge in [-0.15, -0.1) is 0 Å². The zero-order chi connectivity index (χ0) is 14.8. The van der Waals surface area contributed by atoms with Crippen LogP contribution in [-0.4, -0.2) is 25.9 Å². The van der Waals surface area contributed by atoms with E-state index in [0.717, 1.165) is 5.56 Å². The molecule has 0 saturated carbocycles. The Morgan fingerprint density at radius 1 is 1.35 bits per heavy atom. The van der Waals surface area contributed by atoms with E-state index in [-0.39, 0.29) is 11.1 Å². The second-order valence-corrected chi connectivity index (χ2v) is 5.83. The molecule has 108 valence electrons. The molecule has 0 aliphatic carbocycles. The number of hydrogen-bond acceptors (Lipinski definition) is 4. The predicted molar refractivity (Wildman–Crippen MR) is 78.9 cm³/mol. The Morgan fingerprint density at radius 2 is 2.10 bits per heavy atom. The average molecular weight is 275 g/mol. The van der Waals surface area contributed by atoms with E-state index in [1.807, 2.05) is 44.8 Å². The van der Waals surface area contributed by atoms with Crippen LogP contribution in [0.5, 0.6) is 0 Å². The standard InChI is InChI=1S/C14H21N5O/c1-11-9-17-18(10-11)7-5-15-12-13(20)19(8-6-16-12)14(2,3)4/h6,8-10H,5,7H2,1-4H3,(H,15,16). The first-order chi connectivity index (χ1) is 9.38. The lowest BCUT2D eigenvalue weighted by atomic mass is 10.1. The minimum absolute atomic E-state index is 0.100. The molecule has 0 atom stereocenters. The minimum atomic E-state index is -0.254. The summed E-state index contributed by atoms with van der Waals surface area (Å²) < 4.78 is 3.52. The van der Waals surface area contributed by atoms with Crippen molar-refractivity contribution in [3.05, 3.63) is 40.7 Å². The van der Waals surface area contributed by atoms with Crippen LogP contribution < -0.4 is 10.9 Å². The first-order valence-electron chi connectivity index (χ1n) is 6.69. The van der Waals surface area contributed by atoms with Crippen LogP contribution in [0.1, 0.15) is 26.3 Å². The second kappa shape index (κ2) is 5.48. The Kier molecular flexibility index (Phi) is 3.92. The molecular formula is C14H21N5O. The van der Waals surface area contributed by atoms with Crippen LogP contribution in [0.15, 0.2) is 29.6 Å². The van der Waals surface area contributed by atoms with E-state index >= 15 is 0 Å². The highest BCUT2D eigenvalue weighted by molar-refractivity contribution is 5.30. The van der Waals surface area contributed by atoms with Gasteiger partial charge >= 0.3 is 0 Å². The molecule has 0 aromatic carbocycles. The van der Waals surface area contributed by atoms with Gasteiger partial charge in [-0.1, -0.05) is 0 Å². The summed E-state index contributed by atoms with van der Waals surface area (Å²) in [4.78, 5) is 16.4. The van der Waals surface area contributed by atoms with Crippen LogP contribution in [0.2, 0.25) is 0 Å². The van der Waals surface area contributed by atoms with Gasteiger partial charge in [-0.25, -0.2) is 4.98 Å². The first kappa shape index (κ1) is 14.3. The van der Waals surface area contributed by atoms with Crippen molar-refractivity contribution < 1.29 is 0 Å². The Balaban J connectivity index is 2.05. The molecule has 20 heavy (non-hydrogen) atoms. The minimum Gasteiger partial charge on any atom is -0.364 e. The fourth-order valence-electron chi connectivity index (χ4n) is 1.94. The van der Waals surface area contributed by atoms with E-state index in [1.165, 1.54) is 0 Å². The molecule has 0 amide bonds. The number of nitrogens with one attached hydrogen (secondary N) is 1. The van der Waals surface area contributed by atoms with Gasteiger partial charge in [0.1, 0.15) is 0 Å². The normalized spacial score (nSPS) is 11.6. The topological polar surface area (TPSA) is 64.7 Å². The number of rotatable bonds is 4. The van der Waals surface area contributed by atoms with Gasteiger partial charge < -0.3 is 9.88 Å². The summed E-state index contributed by atoms with van der Waals surface area (Å²) in [5.41, 5.74) is 0.768. The average Bonchev–Trinajstić information content (AvgIpc) is 2.76. The van der Waals surface area contributed by atoms with E-state index in [0.29, 0.717) is 18.9 Å². The van der Waals surface area contributed by atoms with Crippen LogP contribution in [0.25, 0.3) is 0 Å². The van der Waals surface area contributed by atoms with E-state index in [1.54, 1.807) is 17.0 Å². The fourth-order valence-corrected chi connectivity index (χ4v) is 1.94. The SMILES string of the molecule is Cc1cnn(CCNc2nccn(C(C)(C)C)c2=O)c1. The number of aryl methyl sites for hydroxylation is 1. The molecule has 0 unspecified atom stereocenters. The Morgan fingerprint density at radius 3 is 2.70 bits per heavy atom. The third-order valence-corrected chi connectivity index (χ3v) is 2.96. The highest BCUT2D eigenvalue weighted by Crippen LogP contribution is 2.10. The number of hydrogen-bond donors (Lipinski definition) is 1. The first-order valence-corrected chi connectivity index (χ1v) is 6.69. The maximum atomic E-state index is 12.3. The van der Waals surface area contributed by atoms with Gasteiger partial charge in [0.05, 0.1) is 12.7 Å². The lowest BCUT2D eigenvalue weighted by molar-refractivity contribution is 0.383. The summed E-state index contributed by atoms with van der Waals surface area (Å²) in [5.74, 6) is 0.381. The van der Waals surface area contributed by atoms with Crippen molar-refractivity contribution in [2.45, 2.75) is 39.8 Å². The molecule has 0 fully saturated rings. The molecule has 0 radical (unpaired) electrons. The van der Waals surface area contributed by atoms with Crippen LogP contribution in [0.4, 0.5) is 5.82 Å². The summed E-state index contributed by atoms with van der Waals surface area (Å²) in [5, 5.41) is 7.28. The Hall–Kier alpha value is -2.11. The molecule has 2 aromatic rings. The predicted octanol–water partition coefficient (Wildman–Crippen LogP) is 1.62. The molecule has 6 heteroatoms. The van der Waals surface area contributed by atoms with Crippen LogP contribution in [-0.2, 0) is 12.1 Å². The number of aromatic nitrogens is 4. The lowest BCUT2D eigenvalue weighted by Gasteiger charge is -2.22. The summed E-state index contributed by atoms with van der Waals surface area (Å²) in [7, 11) is 0. The summed E-state index contributed by atoms with van der Waals surface area (Å²) in [6.45, 7) is 9.27. The van der Waals surface area contributed by atoms with Gasteiger partial charge in [0.25, 0.3) is 5.56 Å². The van der Waals surface area contributed by atoms with E-state index in [4.69, 9.17) is 0 Å². The maximum absolute atomic E-state index is 12.3. The molecular weight excluding hydrogens is 254 g/mol. The molecule has 1 N–H and O–H groups in total. The summed E-state index contributed by atoms with van der Waals surface area (Å²) >= 11 is 0. The van der Waals surface area contributed by atoms with Crippen molar-refractivity contribution in [2.24, 2.45) is 0 Å². The second-order valence-electron chi connectivity index (χ2n) is 5.83. The smallest absolute Gasteiger partial charge is 0.293 e. The van der Waals surface area contributed by atoms with Gasteiger partial charge in [0.2, 0.25) is 0 Å². The number of anilines is 1. The van der Waals surface area contributed by atoms with Crippen LogP contribution in [0.3, 0.4) is 0 Å². The molecule has 0 spiro atoms. The Bertz CT molecular complexity index is 635. The maximum Gasteiger partial charge on any atom is 0.293 e. The van der Waals surface area contributed by atoms with Crippen molar-refractivity contribution in [3.63, 3.8) is 0 Å². The highest BCUT2D eigenvalue weighted by Gasteiger charge is 2.16. The Labute approximate surface area is 118 Å². The van der Waals surface area contributed by atoms with Crippen molar-refractivity contribution in [1.82, 2.24) is 19.3 Å².